The third-order valence-corrected chi connectivity index (χ3v) is 2.26. The Morgan fingerprint density at radius 2 is 2.15 bits per heavy atom. The van der Waals surface area contributed by atoms with Crippen LogP contribution in [0.2, 0.25) is 0 Å². The fraction of sp³-hybridized carbons (Fsp3) is 0.182. The van der Waals surface area contributed by atoms with Crippen LogP contribution in [0.5, 0.6) is 0 Å². The Balaban J connectivity index is 2.74. The van der Waals surface area contributed by atoms with Crippen molar-refractivity contribution in [3.05, 3.63) is 41.6 Å². The Bertz CT molecular complexity index is 435. The molecule has 2 heteroatoms. The van der Waals surface area contributed by atoms with Gasteiger partial charge in [0, 0.05) is 18.1 Å². The third-order valence-electron chi connectivity index (χ3n) is 2.26. The zero-order valence-electron chi connectivity index (χ0n) is 7.62. The van der Waals surface area contributed by atoms with Crippen molar-refractivity contribution in [2.75, 3.05) is 0 Å². The molecule has 0 saturated heterocycles. The molecule has 13 heavy (non-hydrogen) atoms. The molecule has 1 heterocycles. The van der Waals surface area contributed by atoms with Crippen LogP contribution in [0.15, 0.2) is 30.5 Å². The molecule has 0 aliphatic rings. The Morgan fingerprint density at radius 3 is 2.92 bits per heavy atom. The lowest BCUT2D eigenvalue weighted by atomic mass is 10.1. The van der Waals surface area contributed by atoms with Gasteiger partial charge in [-0.15, -0.1) is 0 Å². The summed E-state index contributed by atoms with van der Waals surface area (Å²) in [6.45, 7) is 2.68. The van der Waals surface area contributed by atoms with Crippen molar-refractivity contribution in [2.24, 2.45) is 5.73 Å². The van der Waals surface area contributed by atoms with Crippen LogP contribution < -0.4 is 5.73 Å². The van der Waals surface area contributed by atoms with Crippen LogP contribution in [0, 0.1) is 6.92 Å². The normalized spacial score (nSPS) is 10.6. The largest absolute Gasteiger partial charge is 0.326 e. The van der Waals surface area contributed by atoms with Gasteiger partial charge in [-0.05, 0) is 36.2 Å². The molecule has 2 N–H and O–H groups in total. The number of fused-ring (bicyclic) bond motifs is 1. The summed E-state index contributed by atoms with van der Waals surface area (Å²) in [4.78, 5) is 4.28. The second-order valence-corrected chi connectivity index (χ2v) is 3.18. The van der Waals surface area contributed by atoms with Gasteiger partial charge in [-0.1, -0.05) is 6.07 Å². The number of rotatable bonds is 1. The highest BCUT2D eigenvalue weighted by Gasteiger charge is 1.98. The minimum Gasteiger partial charge on any atom is -0.326 e. The van der Waals surface area contributed by atoms with E-state index >= 15 is 0 Å². The van der Waals surface area contributed by atoms with E-state index in [1.807, 2.05) is 24.4 Å². The first kappa shape index (κ1) is 8.20. The van der Waals surface area contributed by atoms with Gasteiger partial charge in [-0.25, -0.2) is 0 Å². The zero-order valence-corrected chi connectivity index (χ0v) is 7.62. The Hall–Kier alpha value is -1.41. The van der Waals surface area contributed by atoms with E-state index in [0.29, 0.717) is 6.54 Å². The SMILES string of the molecule is Cc1ccnc2ccc(CN)cc12. The van der Waals surface area contributed by atoms with Gasteiger partial charge < -0.3 is 5.73 Å². The average Bonchev–Trinajstić information content (AvgIpc) is 2.18. The summed E-state index contributed by atoms with van der Waals surface area (Å²) in [7, 11) is 0. The quantitative estimate of drug-likeness (QED) is 0.714. The van der Waals surface area contributed by atoms with Crippen LogP contribution in [-0.4, -0.2) is 4.98 Å². The molecule has 0 bridgehead atoms. The minimum absolute atomic E-state index is 0.588. The van der Waals surface area contributed by atoms with Gasteiger partial charge >= 0.3 is 0 Å². The third kappa shape index (κ3) is 1.40. The molecule has 0 fully saturated rings. The number of nitrogens with zero attached hydrogens (tertiary/aromatic N) is 1. The molecule has 1 aromatic carbocycles. The lowest BCUT2D eigenvalue weighted by Gasteiger charge is -2.02. The first-order chi connectivity index (χ1) is 6.31. The van der Waals surface area contributed by atoms with Gasteiger partial charge in [0.1, 0.15) is 0 Å². The van der Waals surface area contributed by atoms with Crippen LogP contribution in [0.3, 0.4) is 0 Å². The fourth-order valence-corrected chi connectivity index (χ4v) is 1.46. The van der Waals surface area contributed by atoms with Crippen molar-refractivity contribution in [3.8, 4) is 0 Å². The number of hydrogen-bond acceptors (Lipinski definition) is 2. The molecule has 2 nitrogen and oxygen atoms in total. The number of aryl methyl sites for hydroxylation is 1. The second-order valence-electron chi connectivity index (χ2n) is 3.18. The van der Waals surface area contributed by atoms with Crippen molar-refractivity contribution < 1.29 is 0 Å². The first-order valence-electron chi connectivity index (χ1n) is 4.35. The molecule has 2 aromatic rings. The van der Waals surface area contributed by atoms with Crippen LogP contribution in [0.4, 0.5) is 0 Å². The molecule has 0 unspecified atom stereocenters. The number of aromatic nitrogens is 1. The van der Waals surface area contributed by atoms with E-state index in [1.54, 1.807) is 0 Å². The summed E-state index contributed by atoms with van der Waals surface area (Å²) in [6.07, 6.45) is 1.83. The maximum absolute atomic E-state index is 5.57. The molecule has 0 amide bonds. The molecule has 1 aromatic heterocycles. The maximum Gasteiger partial charge on any atom is 0.0704 e. The van der Waals surface area contributed by atoms with Crippen LogP contribution in [0.25, 0.3) is 10.9 Å². The van der Waals surface area contributed by atoms with Crippen molar-refractivity contribution in [1.82, 2.24) is 4.98 Å². The molecule has 0 saturated carbocycles. The van der Waals surface area contributed by atoms with Crippen molar-refractivity contribution >= 4 is 10.9 Å². The van der Waals surface area contributed by atoms with Gasteiger partial charge in [0.15, 0.2) is 0 Å². The Morgan fingerprint density at radius 1 is 1.31 bits per heavy atom. The minimum atomic E-state index is 0.588. The molecule has 0 spiro atoms. The van der Waals surface area contributed by atoms with Gasteiger partial charge in [-0.2, -0.15) is 0 Å². The summed E-state index contributed by atoms with van der Waals surface area (Å²) in [6, 6.07) is 8.17. The number of pyridine rings is 1. The van der Waals surface area contributed by atoms with Crippen molar-refractivity contribution in [2.45, 2.75) is 13.5 Å². The smallest absolute Gasteiger partial charge is 0.0704 e. The summed E-state index contributed by atoms with van der Waals surface area (Å²) in [5.74, 6) is 0. The van der Waals surface area contributed by atoms with Crippen LogP contribution >= 0.6 is 0 Å². The number of nitrogens with two attached hydrogens (primary N) is 1. The monoisotopic (exact) mass is 172 g/mol. The molecular formula is C11H12N2. The van der Waals surface area contributed by atoms with E-state index in [0.717, 1.165) is 11.1 Å². The topological polar surface area (TPSA) is 38.9 Å². The second kappa shape index (κ2) is 3.15. The van der Waals surface area contributed by atoms with Crippen molar-refractivity contribution in [3.63, 3.8) is 0 Å². The van der Waals surface area contributed by atoms with Gasteiger partial charge in [0.25, 0.3) is 0 Å². The van der Waals surface area contributed by atoms with Crippen LogP contribution in [0.1, 0.15) is 11.1 Å². The van der Waals surface area contributed by atoms with E-state index in [-0.39, 0.29) is 0 Å². The fourth-order valence-electron chi connectivity index (χ4n) is 1.46. The van der Waals surface area contributed by atoms with E-state index < -0.39 is 0 Å². The summed E-state index contributed by atoms with van der Waals surface area (Å²) in [5.41, 5.74) is 9.02. The van der Waals surface area contributed by atoms with E-state index in [1.165, 1.54) is 10.9 Å². The highest BCUT2D eigenvalue weighted by molar-refractivity contribution is 5.82. The molecule has 0 radical (unpaired) electrons. The van der Waals surface area contributed by atoms with E-state index in [9.17, 15) is 0 Å². The van der Waals surface area contributed by atoms with Gasteiger partial charge in [0.2, 0.25) is 0 Å². The Labute approximate surface area is 77.4 Å². The predicted octanol–water partition coefficient (Wildman–Crippen LogP) is 2.00. The van der Waals surface area contributed by atoms with Crippen LogP contribution in [-0.2, 0) is 6.54 Å². The molecule has 0 atom stereocenters. The standard InChI is InChI=1S/C11H12N2/c1-8-4-5-13-11-3-2-9(7-12)6-10(8)11/h2-6H,7,12H2,1H3. The molecular weight excluding hydrogens is 160 g/mol. The van der Waals surface area contributed by atoms with E-state index in [4.69, 9.17) is 5.73 Å². The number of hydrogen-bond donors (Lipinski definition) is 1. The summed E-state index contributed by atoms with van der Waals surface area (Å²) < 4.78 is 0. The average molecular weight is 172 g/mol. The number of benzene rings is 1. The molecule has 66 valence electrons. The molecule has 0 aliphatic heterocycles. The lowest BCUT2D eigenvalue weighted by molar-refractivity contribution is 1.07. The molecule has 2 rings (SSSR count). The van der Waals surface area contributed by atoms with Gasteiger partial charge in [0.05, 0.1) is 5.52 Å². The first-order valence-corrected chi connectivity index (χ1v) is 4.35. The Kier molecular flexibility index (Phi) is 1.99. The highest BCUT2D eigenvalue weighted by Crippen LogP contribution is 2.17. The predicted molar refractivity (Wildman–Crippen MR) is 54.4 cm³/mol. The maximum atomic E-state index is 5.57. The summed E-state index contributed by atoms with van der Waals surface area (Å²) in [5, 5.41) is 1.20. The zero-order chi connectivity index (χ0) is 9.26. The molecule has 0 aliphatic carbocycles. The van der Waals surface area contributed by atoms with Gasteiger partial charge in [-0.3, -0.25) is 4.98 Å². The highest BCUT2D eigenvalue weighted by atomic mass is 14.6. The van der Waals surface area contributed by atoms with Crippen molar-refractivity contribution in [1.29, 1.82) is 0 Å². The van der Waals surface area contributed by atoms with E-state index in [2.05, 4.69) is 18.0 Å². The lowest BCUT2D eigenvalue weighted by Crippen LogP contribution is -1.96. The summed E-state index contributed by atoms with van der Waals surface area (Å²) >= 11 is 0.